The summed E-state index contributed by atoms with van der Waals surface area (Å²) in [6.45, 7) is 4.53. The van der Waals surface area contributed by atoms with E-state index in [0.29, 0.717) is 0 Å². The van der Waals surface area contributed by atoms with Crippen LogP contribution in [0.5, 0.6) is 0 Å². The van der Waals surface area contributed by atoms with Gasteiger partial charge in [0.05, 0.1) is 5.02 Å². The fourth-order valence-electron chi connectivity index (χ4n) is 2.72. The number of aromatic nitrogens is 1. The van der Waals surface area contributed by atoms with Crippen LogP contribution < -0.4 is 5.32 Å². The second-order valence-corrected chi connectivity index (χ2v) is 6.28. The van der Waals surface area contributed by atoms with Crippen LogP contribution in [0.4, 0.5) is 0 Å². The van der Waals surface area contributed by atoms with Crippen molar-refractivity contribution in [2.45, 2.75) is 38.3 Å². The van der Waals surface area contributed by atoms with Gasteiger partial charge in [0.1, 0.15) is 0 Å². The first-order valence-corrected chi connectivity index (χ1v) is 7.73. The third-order valence-electron chi connectivity index (χ3n) is 4.23. The molecule has 0 atom stereocenters. The number of likely N-dealkylation sites (tertiary alicyclic amines) is 1. The molecule has 1 aliphatic heterocycles. The topological polar surface area (TPSA) is 28.2 Å². The third kappa shape index (κ3) is 3.91. The molecule has 0 radical (unpaired) electrons. The first-order valence-electron chi connectivity index (χ1n) is 7.35. The van der Waals surface area contributed by atoms with Crippen LogP contribution in [-0.2, 0) is 6.54 Å². The van der Waals surface area contributed by atoms with Crippen LogP contribution in [0.15, 0.2) is 18.5 Å². The van der Waals surface area contributed by atoms with E-state index in [2.05, 4.69) is 15.2 Å². The summed E-state index contributed by atoms with van der Waals surface area (Å²) in [4.78, 5) is 6.53. The number of rotatable bonds is 5. The van der Waals surface area contributed by atoms with Gasteiger partial charge in [0.2, 0.25) is 0 Å². The Labute approximate surface area is 120 Å². The van der Waals surface area contributed by atoms with Gasteiger partial charge in [-0.3, -0.25) is 9.88 Å². The van der Waals surface area contributed by atoms with Crippen LogP contribution in [0, 0.1) is 5.92 Å². The number of hydrogen-bond donors (Lipinski definition) is 1. The summed E-state index contributed by atoms with van der Waals surface area (Å²) < 4.78 is 0. The molecule has 2 heterocycles. The number of pyridine rings is 1. The van der Waals surface area contributed by atoms with E-state index in [9.17, 15) is 0 Å². The van der Waals surface area contributed by atoms with Crippen molar-refractivity contribution in [1.82, 2.24) is 15.2 Å². The molecule has 1 saturated heterocycles. The summed E-state index contributed by atoms with van der Waals surface area (Å²) in [5, 5.41) is 4.51. The fraction of sp³-hybridized carbons (Fsp3) is 0.667. The molecular weight excluding hydrogens is 258 g/mol. The van der Waals surface area contributed by atoms with Crippen molar-refractivity contribution in [3.05, 3.63) is 29.0 Å². The number of nitrogens with one attached hydrogen (secondary N) is 1. The third-order valence-corrected chi connectivity index (χ3v) is 4.57. The van der Waals surface area contributed by atoms with Gasteiger partial charge in [0.15, 0.2) is 0 Å². The van der Waals surface area contributed by atoms with Gasteiger partial charge in [-0.05, 0) is 62.9 Å². The van der Waals surface area contributed by atoms with Crippen molar-refractivity contribution in [3.8, 4) is 0 Å². The quantitative estimate of drug-likeness (QED) is 0.898. The highest BCUT2D eigenvalue weighted by molar-refractivity contribution is 6.31. The number of hydrogen-bond acceptors (Lipinski definition) is 3. The highest BCUT2D eigenvalue weighted by atomic mass is 35.5. The fourth-order valence-corrected chi connectivity index (χ4v) is 2.90. The minimum Gasteiger partial charge on any atom is -0.314 e. The Kier molecular flexibility index (Phi) is 4.36. The standard InChI is InChI=1S/C15H22ClN3/c16-15-10-17-6-3-13(15)11-19-7-4-14(5-8-19)18-9-12-1-2-12/h3,6,10,12,14,18H,1-2,4-5,7-9,11H2. The lowest BCUT2D eigenvalue weighted by molar-refractivity contribution is 0.190. The molecule has 19 heavy (non-hydrogen) atoms. The molecular formula is C15H22ClN3. The smallest absolute Gasteiger partial charge is 0.0634 e. The Morgan fingerprint density at radius 3 is 2.74 bits per heavy atom. The van der Waals surface area contributed by atoms with Crippen LogP contribution >= 0.6 is 11.6 Å². The molecule has 1 aromatic rings. The average molecular weight is 280 g/mol. The van der Waals surface area contributed by atoms with Crippen molar-refractivity contribution in [1.29, 1.82) is 0 Å². The Bertz CT molecular complexity index is 412. The molecule has 0 amide bonds. The summed E-state index contributed by atoms with van der Waals surface area (Å²) in [7, 11) is 0. The number of piperidine rings is 1. The van der Waals surface area contributed by atoms with E-state index in [4.69, 9.17) is 11.6 Å². The van der Waals surface area contributed by atoms with E-state index in [1.165, 1.54) is 50.9 Å². The van der Waals surface area contributed by atoms with E-state index in [0.717, 1.165) is 23.5 Å². The number of nitrogens with zero attached hydrogens (tertiary/aromatic N) is 2. The Balaban J connectivity index is 1.43. The zero-order chi connectivity index (χ0) is 13.1. The van der Waals surface area contributed by atoms with Gasteiger partial charge >= 0.3 is 0 Å². The first-order chi connectivity index (χ1) is 9.31. The predicted octanol–water partition coefficient (Wildman–Crippen LogP) is 2.70. The van der Waals surface area contributed by atoms with Gasteiger partial charge in [-0.1, -0.05) is 11.6 Å². The lowest BCUT2D eigenvalue weighted by Gasteiger charge is -2.32. The highest BCUT2D eigenvalue weighted by Gasteiger charge is 2.24. The van der Waals surface area contributed by atoms with Crippen LogP contribution in [0.2, 0.25) is 5.02 Å². The van der Waals surface area contributed by atoms with Crippen LogP contribution in [-0.4, -0.2) is 35.6 Å². The molecule has 4 heteroatoms. The van der Waals surface area contributed by atoms with Crippen molar-refractivity contribution in [3.63, 3.8) is 0 Å². The summed E-state index contributed by atoms with van der Waals surface area (Å²) in [6, 6.07) is 2.75. The Morgan fingerprint density at radius 1 is 1.26 bits per heavy atom. The molecule has 1 aromatic heterocycles. The molecule has 0 unspecified atom stereocenters. The SMILES string of the molecule is Clc1cnccc1CN1CCC(NCC2CC2)CC1. The molecule has 0 spiro atoms. The van der Waals surface area contributed by atoms with Crippen molar-refractivity contribution < 1.29 is 0 Å². The molecule has 3 rings (SSSR count). The van der Waals surface area contributed by atoms with Gasteiger partial charge in [-0.15, -0.1) is 0 Å². The predicted molar refractivity (Wildman–Crippen MR) is 78.3 cm³/mol. The van der Waals surface area contributed by atoms with Crippen molar-refractivity contribution in [2.75, 3.05) is 19.6 Å². The van der Waals surface area contributed by atoms with Crippen LogP contribution in [0.3, 0.4) is 0 Å². The highest BCUT2D eigenvalue weighted by Crippen LogP contribution is 2.28. The molecule has 3 nitrogen and oxygen atoms in total. The molecule has 2 aliphatic rings. The zero-order valence-corrected chi connectivity index (χ0v) is 12.1. The average Bonchev–Trinajstić information content (AvgIpc) is 3.25. The molecule has 1 N–H and O–H groups in total. The monoisotopic (exact) mass is 279 g/mol. The lowest BCUT2D eigenvalue weighted by atomic mass is 10.0. The summed E-state index contributed by atoms with van der Waals surface area (Å²) in [6.07, 6.45) is 8.95. The van der Waals surface area contributed by atoms with Gasteiger partial charge < -0.3 is 5.32 Å². The van der Waals surface area contributed by atoms with E-state index >= 15 is 0 Å². The van der Waals surface area contributed by atoms with Gasteiger partial charge in [0.25, 0.3) is 0 Å². The first kappa shape index (κ1) is 13.3. The minimum absolute atomic E-state index is 0.727. The number of halogens is 1. The van der Waals surface area contributed by atoms with E-state index in [1.54, 1.807) is 6.20 Å². The molecule has 0 aromatic carbocycles. The molecule has 1 saturated carbocycles. The van der Waals surface area contributed by atoms with E-state index < -0.39 is 0 Å². The second kappa shape index (κ2) is 6.21. The van der Waals surface area contributed by atoms with E-state index in [1.807, 2.05) is 12.3 Å². The summed E-state index contributed by atoms with van der Waals surface area (Å²) in [5.74, 6) is 0.980. The van der Waals surface area contributed by atoms with E-state index in [-0.39, 0.29) is 0 Å². The van der Waals surface area contributed by atoms with Gasteiger partial charge in [-0.25, -0.2) is 0 Å². The van der Waals surface area contributed by atoms with Crippen molar-refractivity contribution in [2.24, 2.45) is 5.92 Å². The molecule has 104 valence electrons. The summed E-state index contributed by atoms with van der Waals surface area (Å²) >= 11 is 6.16. The molecule has 1 aliphatic carbocycles. The Morgan fingerprint density at radius 2 is 2.05 bits per heavy atom. The summed E-state index contributed by atoms with van der Waals surface area (Å²) in [5.41, 5.74) is 1.20. The molecule has 0 bridgehead atoms. The second-order valence-electron chi connectivity index (χ2n) is 5.87. The normalized spacial score (nSPS) is 21.7. The molecule has 2 fully saturated rings. The zero-order valence-electron chi connectivity index (χ0n) is 11.3. The van der Waals surface area contributed by atoms with Crippen LogP contribution in [0.25, 0.3) is 0 Å². The van der Waals surface area contributed by atoms with Gasteiger partial charge in [0, 0.05) is 25.0 Å². The lowest BCUT2D eigenvalue weighted by Crippen LogP contribution is -2.42. The van der Waals surface area contributed by atoms with Crippen LogP contribution in [0.1, 0.15) is 31.2 Å². The maximum Gasteiger partial charge on any atom is 0.0634 e. The van der Waals surface area contributed by atoms with Gasteiger partial charge in [-0.2, -0.15) is 0 Å². The maximum atomic E-state index is 6.16. The minimum atomic E-state index is 0.727. The maximum absolute atomic E-state index is 6.16. The Hall–Kier alpha value is -0.640. The van der Waals surface area contributed by atoms with Crippen molar-refractivity contribution >= 4 is 11.6 Å². The largest absolute Gasteiger partial charge is 0.314 e.